The zero-order valence-corrected chi connectivity index (χ0v) is 21.9. The number of anilines is 4. The predicted molar refractivity (Wildman–Crippen MR) is 149 cm³/mol. The first-order valence-electron chi connectivity index (χ1n) is 13.0. The number of halogens is 3. The van der Waals surface area contributed by atoms with E-state index in [4.69, 9.17) is 0 Å². The molecule has 0 radical (unpaired) electrons. The molecule has 38 heavy (non-hydrogen) atoms. The van der Waals surface area contributed by atoms with Crippen molar-refractivity contribution in [3.63, 3.8) is 0 Å². The van der Waals surface area contributed by atoms with Crippen LogP contribution in [0, 0.1) is 0 Å². The summed E-state index contributed by atoms with van der Waals surface area (Å²) >= 11 is 1.03. The van der Waals surface area contributed by atoms with E-state index in [0.717, 1.165) is 61.7 Å². The standard InChI is InChI=1S/C30H29F3N4S/c1-2-36-18-16-29(17-19-36)20-37(24-14-8-6-12-22(24)29)25-15-9-7-13-23(25)34-28-35-27(30(31,32)33)26(38-28)21-10-4-3-5-11-21/h3-15H,2,16-20H2,1H3,(H,34,35). The lowest BCUT2D eigenvalue weighted by Crippen LogP contribution is -2.44. The van der Waals surface area contributed by atoms with Crippen molar-refractivity contribution in [3.05, 3.63) is 90.1 Å². The molecule has 6 rings (SSSR count). The molecule has 2 aliphatic rings. The van der Waals surface area contributed by atoms with Crippen LogP contribution in [-0.4, -0.2) is 36.1 Å². The normalized spacial score (nSPS) is 17.1. The van der Waals surface area contributed by atoms with Crippen LogP contribution >= 0.6 is 11.3 Å². The number of alkyl halides is 3. The molecule has 0 aliphatic carbocycles. The van der Waals surface area contributed by atoms with Gasteiger partial charge in [0.2, 0.25) is 0 Å². The Kier molecular flexibility index (Phi) is 6.40. The van der Waals surface area contributed by atoms with E-state index in [0.29, 0.717) is 5.56 Å². The Morgan fingerprint density at radius 1 is 0.895 bits per heavy atom. The SMILES string of the molecule is CCN1CCC2(CC1)CN(c1ccccc1Nc1nc(C(F)(F)F)c(-c3ccccc3)s1)c1ccccc12. The minimum Gasteiger partial charge on any atom is -0.339 e. The Morgan fingerprint density at radius 3 is 2.26 bits per heavy atom. The van der Waals surface area contributed by atoms with Crippen LogP contribution in [0.5, 0.6) is 0 Å². The second-order valence-corrected chi connectivity index (χ2v) is 11.0. The average Bonchev–Trinajstić information content (AvgIpc) is 3.50. The summed E-state index contributed by atoms with van der Waals surface area (Å²) in [5.74, 6) is 0. The molecule has 0 atom stereocenters. The van der Waals surface area contributed by atoms with E-state index in [1.54, 1.807) is 30.3 Å². The third-order valence-corrected chi connectivity index (χ3v) is 8.88. The molecule has 1 aromatic heterocycles. The highest BCUT2D eigenvalue weighted by molar-refractivity contribution is 7.19. The minimum absolute atomic E-state index is 0.0699. The molecule has 196 valence electrons. The van der Waals surface area contributed by atoms with Gasteiger partial charge in [0.1, 0.15) is 0 Å². The van der Waals surface area contributed by atoms with Gasteiger partial charge < -0.3 is 15.1 Å². The molecule has 0 unspecified atom stereocenters. The number of para-hydroxylation sites is 3. The third-order valence-electron chi connectivity index (χ3n) is 7.86. The molecule has 8 heteroatoms. The van der Waals surface area contributed by atoms with Crippen molar-refractivity contribution >= 4 is 33.5 Å². The summed E-state index contributed by atoms with van der Waals surface area (Å²) < 4.78 is 41.8. The molecule has 3 heterocycles. The first-order valence-corrected chi connectivity index (χ1v) is 13.8. The molecule has 0 bridgehead atoms. The van der Waals surface area contributed by atoms with Crippen molar-refractivity contribution in [1.82, 2.24) is 9.88 Å². The average molecular weight is 535 g/mol. The lowest BCUT2D eigenvalue weighted by molar-refractivity contribution is -0.140. The number of nitrogens with one attached hydrogen (secondary N) is 1. The van der Waals surface area contributed by atoms with E-state index < -0.39 is 11.9 Å². The second kappa shape index (κ2) is 9.75. The fourth-order valence-corrected chi connectivity index (χ4v) is 6.85. The Balaban J connectivity index is 1.36. The van der Waals surface area contributed by atoms with Crippen LogP contribution in [0.15, 0.2) is 78.9 Å². The van der Waals surface area contributed by atoms with E-state index in [2.05, 4.69) is 51.3 Å². The molecule has 2 aliphatic heterocycles. The van der Waals surface area contributed by atoms with Gasteiger partial charge in [-0.25, -0.2) is 4.98 Å². The number of hydrogen-bond donors (Lipinski definition) is 1. The summed E-state index contributed by atoms with van der Waals surface area (Å²) in [5, 5.41) is 3.47. The molecule has 1 spiro atoms. The molecule has 1 saturated heterocycles. The van der Waals surface area contributed by atoms with Gasteiger partial charge >= 0.3 is 6.18 Å². The Hall–Kier alpha value is -3.36. The highest BCUT2D eigenvalue weighted by atomic mass is 32.1. The van der Waals surface area contributed by atoms with Gasteiger partial charge in [-0.3, -0.25) is 0 Å². The van der Waals surface area contributed by atoms with E-state index >= 15 is 0 Å². The second-order valence-electron chi connectivity index (χ2n) is 10.0. The summed E-state index contributed by atoms with van der Waals surface area (Å²) in [6.45, 7) is 6.26. The van der Waals surface area contributed by atoms with Crippen LogP contribution < -0.4 is 10.2 Å². The van der Waals surface area contributed by atoms with E-state index in [9.17, 15) is 13.2 Å². The molecule has 1 fully saturated rings. The van der Waals surface area contributed by atoms with Crippen molar-refractivity contribution in [3.8, 4) is 10.4 Å². The van der Waals surface area contributed by atoms with Crippen LogP contribution in [0.1, 0.15) is 31.0 Å². The lowest BCUT2D eigenvalue weighted by atomic mass is 9.74. The van der Waals surface area contributed by atoms with Gasteiger partial charge in [-0.15, -0.1) is 0 Å². The van der Waals surface area contributed by atoms with Gasteiger partial charge in [0, 0.05) is 17.6 Å². The summed E-state index contributed by atoms with van der Waals surface area (Å²) in [4.78, 5) is 8.97. The van der Waals surface area contributed by atoms with Crippen molar-refractivity contribution in [2.45, 2.75) is 31.4 Å². The van der Waals surface area contributed by atoms with E-state index in [1.165, 1.54) is 11.3 Å². The van der Waals surface area contributed by atoms with Gasteiger partial charge in [0.15, 0.2) is 10.8 Å². The lowest BCUT2D eigenvalue weighted by Gasteiger charge is -2.39. The monoisotopic (exact) mass is 534 g/mol. The minimum atomic E-state index is -4.55. The molecule has 4 nitrogen and oxygen atoms in total. The number of thiazole rings is 1. The fraction of sp³-hybridized carbons (Fsp3) is 0.300. The number of hydrogen-bond acceptors (Lipinski definition) is 5. The van der Waals surface area contributed by atoms with E-state index in [1.807, 2.05) is 24.3 Å². The van der Waals surface area contributed by atoms with Crippen molar-refractivity contribution in [1.29, 1.82) is 0 Å². The molecule has 3 aromatic carbocycles. The van der Waals surface area contributed by atoms with Gasteiger partial charge in [-0.2, -0.15) is 13.2 Å². The smallest absolute Gasteiger partial charge is 0.339 e. The van der Waals surface area contributed by atoms with Crippen molar-refractivity contribution in [2.24, 2.45) is 0 Å². The first kappa shape index (κ1) is 24.9. The van der Waals surface area contributed by atoms with Crippen molar-refractivity contribution < 1.29 is 13.2 Å². The highest BCUT2D eigenvalue weighted by Crippen LogP contribution is 2.51. The number of piperidine rings is 1. The van der Waals surface area contributed by atoms with Gasteiger partial charge in [0.25, 0.3) is 0 Å². The van der Waals surface area contributed by atoms with Crippen LogP contribution in [0.3, 0.4) is 0 Å². The molecule has 1 N–H and O–H groups in total. The molecule has 4 aromatic rings. The third kappa shape index (κ3) is 4.46. The van der Waals surface area contributed by atoms with Crippen LogP contribution in [0.2, 0.25) is 0 Å². The van der Waals surface area contributed by atoms with Crippen LogP contribution in [0.4, 0.5) is 35.4 Å². The largest absolute Gasteiger partial charge is 0.434 e. The summed E-state index contributed by atoms with van der Waals surface area (Å²) in [7, 11) is 0. The van der Waals surface area contributed by atoms with Gasteiger partial charge in [-0.05, 0) is 61.8 Å². The van der Waals surface area contributed by atoms with Crippen LogP contribution in [0.25, 0.3) is 10.4 Å². The summed E-state index contributed by atoms with van der Waals surface area (Å²) in [6, 6.07) is 25.1. The maximum atomic E-state index is 13.9. The topological polar surface area (TPSA) is 31.4 Å². The first-order chi connectivity index (χ1) is 18.4. The Labute approximate surface area is 224 Å². The molecular formula is C30H29F3N4S. The zero-order chi connectivity index (χ0) is 26.3. The number of nitrogens with zero attached hydrogens (tertiary/aromatic N) is 3. The van der Waals surface area contributed by atoms with Gasteiger partial charge in [0.05, 0.1) is 16.3 Å². The van der Waals surface area contributed by atoms with Crippen LogP contribution in [-0.2, 0) is 11.6 Å². The van der Waals surface area contributed by atoms with Crippen molar-refractivity contribution in [2.75, 3.05) is 36.4 Å². The Bertz CT molecular complexity index is 1420. The number of aromatic nitrogens is 1. The highest BCUT2D eigenvalue weighted by Gasteiger charge is 2.45. The maximum Gasteiger partial charge on any atom is 0.434 e. The molecule has 0 saturated carbocycles. The number of likely N-dealkylation sites (tertiary alicyclic amines) is 1. The Morgan fingerprint density at radius 2 is 1.55 bits per heavy atom. The number of rotatable bonds is 5. The maximum absolute atomic E-state index is 13.9. The van der Waals surface area contributed by atoms with E-state index in [-0.39, 0.29) is 15.4 Å². The number of benzene rings is 3. The molecular weight excluding hydrogens is 505 g/mol. The quantitative estimate of drug-likeness (QED) is 0.281. The summed E-state index contributed by atoms with van der Waals surface area (Å²) in [6.07, 6.45) is -2.37. The van der Waals surface area contributed by atoms with Gasteiger partial charge in [-0.1, -0.05) is 78.9 Å². The fourth-order valence-electron chi connectivity index (χ4n) is 5.85. The molecule has 0 amide bonds. The predicted octanol–water partition coefficient (Wildman–Crippen LogP) is 8.08. The summed E-state index contributed by atoms with van der Waals surface area (Å²) in [5.41, 5.74) is 3.94. The number of fused-ring (bicyclic) bond motifs is 2. The zero-order valence-electron chi connectivity index (χ0n) is 21.1.